The minimum Gasteiger partial charge on any atom is -0.319 e. The standard InChI is InChI=1S/C17H16ClFN6O3S/c1-10-21-22-23-25(10)12-5-7-14(19)15(9-12)20-17(26)11-4-6-13(18)16(8-11)29(27,28)24(2)3/h4-9H,1-3H3,(H,20,26). The Morgan fingerprint density at radius 3 is 2.55 bits per heavy atom. The van der Waals surface area contributed by atoms with E-state index < -0.39 is 21.7 Å². The Morgan fingerprint density at radius 2 is 1.93 bits per heavy atom. The zero-order valence-electron chi connectivity index (χ0n) is 15.6. The number of halogens is 2. The molecule has 0 fully saturated rings. The molecule has 2 aromatic carbocycles. The number of rotatable bonds is 5. The van der Waals surface area contributed by atoms with Gasteiger partial charge in [-0.05, 0) is 53.7 Å². The highest BCUT2D eigenvalue weighted by molar-refractivity contribution is 7.89. The Labute approximate surface area is 171 Å². The quantitative estimate of drug-likeness (QED) is 0.654. The molecule has 9 nitrogen and oxygen atoms in total. The highest BCUT2D eigenvalue weighted by Gasteiger charge is 2.23. The van der Waals surface area contributed by atoms with Crippen LogP contribution in [0.3, 0.4) is 0 Å². The summed E-state index contributed by atoms with van der Waals surface area (Å²) in [7, 11) is -1.17. The van der Waals surface area contributed by atoms with Crippen LogP contribution in [0.25, 0.3) is 5.69 Å². The second kappa shape index (κ2) is 7.85. The number of carbonyl (C=O) groups excluding carboxylic acids is 1. The molecule has 0 aliphatic carbocycles. The van der Waals surface area contributed by atoms with Crippen molar-refractivity contribution in [1.82, 2.24) is 24.5 Å². The summed E-state index contributed by atoms with van der Waals surface area (Å²) in [6, 6.07) is 7.77. The van der Waals surface area contributed by atoms with Crippen molar-refractivity contribution in [2.75, 3.05) is 19.4 Å². The topological polar surface area (TPSA) is 110 Å². The maximum atomic E-state index is 14.2. The molecule has 1 N–H and O–H groups in total. The molecule has 1 amide bonds. The second-order valence-electron chi connectivity index (χ2n) is 6.19. The van der Waals surface area contributed by atoms with Gasteiger partial charge in [0.15, 0.2) is 5.82 Å². The summed E-state index contributed by atoms with van der Waals surface area (Å²) in [5.74, 6) is -0.908. The van der Waals surface area contributed by atoms with Gasteiger partial charge in [0.2, 0.25) is 10.0 Å². The Kier molecular flexibility index (Phi) is 5.64. The number of aryl methyl sites for hydroxylation is 1. The van der Waals surface area contributed by atoms with Crippen LogP contribution >= 0.6 is 11.6 Å². The van der Waals surface area contributed by atoms with Crippen molar-refractivity contribution < 1.29 is 17.6 Å². The van der Waals surface area contributed by atoms with E-state index >= 15 is 0 Å². The molecule has 0 saturated carbocycles. The van der Waals surface area contributed by atoms with Crippen LogP contribution < -0.4 is 5.32 Å². The van der Waals surface area contributed by atoms with Crippen LogP contribution in [0.2, 0.25) is 5.02 Å². The van der Waals surface area contributed by atoms with Crippen molar-refractivity contribution in [2.45, 2.75) is 11.8 Å². The van der Waals surface area contributed by atoms with Gasteiger partial charge in [0.05, 0.1) is 16.4 Å². The summed E-state index contributed by atoms with van der Waals surface area (Å²) in [5.41, 5.74) is 0.323. The largest absolute Gasteiger partial charge is 0.319 e. The molecule has 0 aliphatic heterocycles. The van der Waals surface area contributed by atoms with E-state index in [4.69, 9.17) is 11.6 Å². The molecule has 152 valence electrons. The summed E-state index contributed by atoms with van der Waals surface area (Å²) in [5, 5.41) is 13.5. The molecule has 1 heterocycles. The lowest BCUT2D eigenvalue weighted by molar-refractivity contribution is 0.102. The lowest BCUT2D eigenvalue weighted by Gasteiger charge is -2.14. The van der Waals surface area contributed by atoms with Crippen LogP contribution in [0.15, 0.2) is 41.3 Å². The van der Waals surface area contributed by atoms with Gasteiger partial charge < -0.3 is 5.32 Å². The second-order valence-corrected chi connectivity index (χ2v) is 8.72. The van der Waals surface area contributed by atoms with Crippen molar-refractivity contribution in [3.05, 3.63) is 58.6 Å². The lowest BCUT2D eigenvalue weighted by atomic mass is 10.2. The summed E-state index contributed by atoms with van der Waals surface area (Å²) in [6.07, 6.45) is 0. The van der Waals surface area contributed by atoms with Gasteiger partial charge >= 0.3 is 0 Å². The number of benzene rings is 2. The summed E-state index contributed by atoms with van der Waals surface area (Å²) >= 11 is 5.99. The van der Waals surface area contributed by atoms with Crippen LogP contribution in [-0.2, 0) is 10.0 Å². The molecule has 1 aromatic heterocycles. The van der Waals surface area contributed by atoms with Gasteiger partial charge in [-0.2, -0.15) is 4.68 Å². The predicted molar refractivity (Wildman–Crippen MR) is 104 cm³/mol. The minimum absolute atomic E-state index is 0.00164. The highest BCUT2D eigenvalue weighted by atomic mass is 35.5. The number of anilines is 1. The first-order valence-corrected chi connectivity index (χ1v) is 10.0. The van der Waals surface area contributed by atoms with Gasteiger partial charge in [-0.25, -0.2) is 17.1 Å². The molecule has 0 aliphatic rings. The average molecular weight is 439 g/mol. The van der Waals surface area contributed by atoms with Gasteiger partial charge in [-0.3, -0.25) is 4.79 Å². The predicted octanol–water partition coefficient (Wildman–Crippen LogP) is 2.27. The molecule has 0 radical (unpaired) electrons. The van der Waals surface area contributed by atoms with Crippen LogP contribution in [-0.4, -0.2) is 52.9 Å². The van der Waals surface area contributed by atoms with Crippen molar-refractivity contribution in [1.29, 1.82) is 0 Å². The Balaban J connectivity index is 1.95. The molecule has 3 rings (SSSR count). The maximum Gasteiger partial charge on any atom is 0.255 e. The van der Waals surface area contributed by atoms with Crippen LogP contribution in [0.1, 0.15) is 16.2 Å². The normalized spacial score (nSPS) is 11.7. The lowest BCUT2D eigenvalue weighted by Crippen LogP contribution is -2.23. The molecule has 29 heavy (non-hydrogen) atoms. The number of aromatic nitrogens is 4. The van der Waals surface area contributed by atoms with Gasteiger partial charge in [0, 0.05) is 19.7 Å². The molecule has 12 heteroatoms. The van der Waals surface area contributed by atoms with Gasteiger partial charge in [-0.1, -0.05) is 11.6 Å². The number of hydrogen-bond donors (Lipinski definition) is 1. The zero-order valence-corrected chi connectivity index (χ0v) is 17.2. The molecule has 0 spiro atoms. The summed E-state index contributed by atoms with van der Waals surface area (Å²) in [4.78, 5) is 12.4. The first kappa shape index (κ1) is 20.8. The smallest absolute Gasteiger partial charge is 0.255 e. The fourth-order valence-electron chi connectivity index (χ4n) is 2.44. The number of nitrogens with zero attached hydrogens (tertiary/aromatic N) is 5. The third kappa shape index (κ3) is 4.11. The third-order valence-electron chi connectivity index (χ3n) is 4.02. The number of tetrazole rings is 1. The van der Waals surface area contributed by atoms with E-state index in [1.807, 2.05) is 0 Å². The Morgan fingerprint density at radius 1 is 1.21 bits per heavy atom. The van der Waals surface area contributed by atoms with E-state index in [1.165, 1.54) is 43.0 Å². The van der Waals surface area contributed by atoms with Gasteiger partial charge in [0.25, 0.3) is 5.91 Å². The van der Waals surface area contributed by atoms with Crippen molar-refractivity contribution >= 4 is 33.2 Å². The van der Waals surface area contributed by atoms with Crippen molar-refractivity contribution in [3.63, 3.8) is 0 Å². The fourth-order valence-corrected chi connectivity index (χ4v) is 3.84. The molecule has 0 unspecified atom stereocenters. The average Bonchev–Trinajstić information content (AvgIpc) is 3.09. The summed E-state index contributed by atoms with van der Waals surface area (Å²) < 4.78 is 41.3. The third-order valence-corrected chi connectivity index (χ3v) is 6.32. The Bertz CT molecular complexity index is 1200. The molecule has 3 aromatic rings. The SMILES string of the molecule is Cc1nnnn1-c1ccc(F)c(NC(=O)c2ccc(Cl)c(S(=O)(=O)N(C)C)c2)c1. The number of nitrogens with one attached hydrogen (secondary N) is 1. The van der Waals surface area contributed by atoms with E-state index in [-0.39, 0.29) is 21.2 Å². The zero-order chi connectivity index (χ0) is 21.3. The maximum absolute atomic E-state index is 14.2. The summed E-state index contributed by atoms with van der Waals surface area (Å²) in [6.45, 7) is 1.67. The van der Waals surface area contributed by atoms with Crippen LogP contribution in [0, 0.1) is 12.7 Å². The number of hydrogen-bond acceptors (Lipinski definition) is 6. The fraction of sp³-hybridized carbons (Fsp3) is 0.176. The van der Waals surface area contributed by atoms with E-state index in [1.54, 1.807) is 6.92 Å². The molecule has 0 bridgehead atoms. The Hall–Kier alpha value is -2.89. The van der Waals surface area contributed by atoms with E-state index in [0.29, 0.717) is 11.5 Å². The van der Waals surface area contributed by atoms with Crippen LogP contribution in [0.5, 0.6) is 0 Å². The van der Waals surface area contributed by atoms with E-state index in [9.17, 15) is 17.6 Å². The molecule has 0 saturated heterocycles. The molecular weight excluding hydrogens is 423 g/mol. The molecular formula is C17H16ClFN6O3S. The number of amides is 1. The van der Waals surface area contributed by atoms with Crippen molar-refractivity contribution in [3.8, 4) is 5.69 Å². The minimum atomic E-state index is -3.86. The van der Waals surface area contributed by atoms with E-state index in [0.717, 1.165) is 16.4 Å². The number of sulfonamides is 1. The van der Waals surface area contributed by atoms with Gasteiger partial charge in [0.1, 0.15) is 10.7 Å². The van der Waals surface area contributed by atoms with Crippen molar-refractivity contribution in [2.24, 2.45) is 0 Å². The first-order valence-electron chi connectivity index (χ1n) is 8.19. The van der Waals surface area contributed by atoms with E-state index in [2.05, 4.69) is 20.8 Å². The molecule has 0 atom stereocenters. The van der Waals surface area contributed by atoms with Gasteiger partial charge in [-0.15, -0.1) is 5.10 Å². The highest BCUT2D eigenvalue weighted by Crippen LogP contribution is 2.26. The monoisotopic (exact) mass is 438 g/mol. The van der Waals surface area contributed by atoms with Crippen LogP contribution in [0.4, 0.5) is 10.1 Å². The first-order chi connectivity index (χ1) is 13.6. The number of carbonyl (C=O) groups is 1.